The van der Waals surface area contributed by atoms with Gasteiger partial charge in [-0.3, -0.25) is 4.90 Å². The highest BCUT2D eigenvalue weighted by atomic mass is 19.4. The number of hydrogen-bond acceptors (Lipinski definition) is 8. The fourth-order valence-corrected chi connectivity index (χ4v) is 3.77. The minimum atomic E-state index is -5.88. The molecule has 1 fully saturated rings. The summed E-state index contributed by atoms with van der Waals surface area (Å²) in [5.74, 6) is -1.73. The molecule has 1 saturated heterocycles. The van der Waals surface area contributed by atoms with Crippen molar-refractivity contribution in [1.29, 1.82) is 0 Å². The summed E-state index contributed by atoms with van der Waals surface area (Å²) in [6.45, 7) is 6.02. The van der Waals surface area contributed by atoms with Gasteiger partial charge in [0.2, 0.25) is 6.29 Å². The lowest BCUT2D eigenvalue weighted by Crippen LogP contribution is -2.52. The van der Waals surface area contributed by atoms with E-state index in [1.165, 1.54) is 20.8 Å². The van der Waals surface area contributed by atoms with Crippen molar-refractivity contribution >= 4 is 12.1 Å². The highest BCUT2D eigenvalue weighted by Crippen LogP contribution is 2.37. The molecule has 0 spiro atoms. The third-order valence-corrected chi connectivity index (χ3v) is 6.26. The zero-order chi connectivity index (χ0) is 33.8. The Morgan fingerprint density at radius 3 is 1.91 bits per heavy atom. The number of halogens is 9. The smallest absolute Gasteiger partial charge is 0.434 e. The largest absolute Gasteiger partial charge is 0.476 e. The topological polar surface area (TPSA) is 97.8 Å². The van der Waals surface area contributed by atoms with E-state index >= 15 is 0 Å². The van der Waals surface area contributed by atoms with Crippen LogP contribution in [0.4, 0.5) is 44.3 Å². The van der Waals surface area contributed by atoms with Crippen molar-refractivity contribution in [3.05, 3.63) is 29.3 Å². The van der Waals surface area contributed by atoms with Crippen LogP contribution in [0.1, 0.15) is 45.7 Å². The number of amides is 1. The van der Waals surface area contributed by atoms with Crippen LogP contribution in [0, 0.1) is 5.92 Å². The number of carbonyl (C=O) groups excluding carboxylic acids is 2. The van der Waals surface area contributed by atoms with Gasteiger partial charge in [-0.05, 0) is 32.9 Å². The van der Waals surface area contributed by atoms with Gasteiger partial charge in [0.15, 0.2) is 11.9 Å². The molecule has 9 nitrogen and oxygen atoms in total. The van der Waals surface area contributed by atoms with E-state index in [0.29, 0.717) is 11.0 Å². The van der Waals surface area contributed by atoms with Gasteiger partial charge in [0.25, 0.3) is 6.10 Å². The molecule has 18 heteroatoms. The predicted octanol–water partition coefficient (Wildman–Crippen LogP) is 5.49. The van der Waals surface area contributed by atoms with Crippen LogP contribution >= 0.6 is 0 Å². The number of ether oxygens (including phenoxy) is 4. The third kappa shape index (κ3) is 10.6. The molecule has 2 atom stereocenters. The van der Waals surface area contributed by atoms with Gasteiger partial charge < -0.3 is 29.0 Å². The van der Waals surface area contributed by atoms with Crippen LogP contribution in [0.5, 0.6) is 5.75 Å². The van der Waals surface area contributed by atoms with Crippen LogP contribution in [-0.4, -0.2) is 89.8 Å². The summed E-state index contributed by atoms with van der Waals surface area (Å²) < 4.78 is 137. The molecule has 1 aliphatic heterocycles. The molecule has 1 aromatic rings. The number of esters is 1. The Balaban J connectivity index is 2.16. The molecular formula is C26H33F9N2O7. The van der Waals surface area contributed by atoms with Crippen LogP contribution in [0.25, 0.3) is 0 Å². The zero-order valence-corrected chi connectivity index (χ0v) is 24.3. The molecule has 1 heterocycles. The summed E-state index contributed by atoms with van der Waals surface area (Å²) in [5.41, 5.74) is -2.83. The van der Waals surface area contributed by atoms with Crippen LogP contribution in [0.2, 0.25) is 0 Å². The van der Waals surface area contributed by atoms with Crippen molar-refractivity contribution in [2.24, 2.45) is 5.92 Å². The van der Waals surface area contributed by atoms with Crippen LogP contribution < -0.4 is 4.74 Å². The number of rotatable bonds is 10. The second-order valence-corrected chi connectivity index (χ2v) is 10.8. The number of benzene rings is 1. The van der Waals surface area contributed by atoms with Gasteiger partial charge in [0.05, 0.1) is 5.56 Å². The minimum absolute atomic E-state index is 0.100. The molecule has 1 N–H and O–H groups in total. The van der Waals surface area contributed by atoms with Crippen molar-refractivity contribution in [2.45, 2.75) is 84.0 Å². The van der Waals surface area contributed by atoms with E-state index in [-0.39, 0.29) is 50.0 Å². The van der Waals surface area contributed by atoms with Gasteiger partial charge in [-0.2, -0.15) is 39.5 Å². The summed E-state index contributed by atoms with van der Waals surface area (Å²) in [4.78, 5) is 27.0. The summed E-state index contributed by atoms with van der Waals surface area (Å²) >= 11 is 0. The molecule has 0 aromatic heterocycles. The van der Waals surface area contributed by atoms with E-state index in [1.54, 1.807) is 18.7 Å². The van der Waals surface area contributed by atoms with E-state index in [0.717, 1.165) is 12.1 Å². The fourth-order valence-electron chi connectivity index (χ4n) is 3.77. The lowest BCUT2D eigenvalue weighted by molar-refractivity contribution is -0.308. The lowest BCUT2D eigenvalue weighted by Gasteiger charge is -2.35. The minimum Gasteiger partial charge on any atom is -0.476 e. The summed E-state index contributed by atoms with van der Waals surface area (Å²) in [7, 11) is 0. The SMILES string of the molecule is CC(OC(=O)C(C)(C)Oc1cc(C(F)(F)F)ccc1CN1CCN(C(=O)OC(C(F)(F)F)C(F)(F)F)CC1)OC(O)C(C)C. The number of piperazine rings is 1. The highest BCUT2D eigenvalue weighted by Gasteiger charge is 2.60. The Morgan fingerprint density at radius 2 is 1.43 bits per heavy atom. The van der Waals surface area contributed by atoms with Gasteiger partial charge in [-0.1, -0.05) is 19.9 Å². The van der Waals surface area contributed by atoms with Gasteiger partial charge in [-0.15, -0.1) is 0 Å². The average molecular weight is 657 g/mol. The Hall–Kier alpha value is -2.99. The maximum Gasteiger partial charge on any atom is 0.434 e. The predicted molar refractivity (Wildman–Crippen MR) is 133 cm³/mol. The molecular weight excluding hydrogens is 623 g/mol. The number of aliphatic hydroxyl groups is 1. The maximum atomic E-state index is 13.5. The number of hydrogen-bond donors (Lipinski definition) is 1. The van der Waals surface area contributed by atoms with Gasteiger partial charge in [0, 0.05) is 44.2 Å². The molecule has 1 aromatic carbocycles. The van der Waals surface area contributed by atoms with Crippen molar-refractivity contribution in [3.8, 4) is 5.75 Å². The van der Waals surface area contributed by atoms with Crippen LogP contribution in [0.15, 0.2) is 18.2 Å². The monoisotopic (exact) mass is 656 g/mol. The van der Waals surface area contributed by atoms with Gasteiger partial charge >= 0.3 is 30.6 Å². The Kier molecular flexibility index (Phi) is 11.8. The number of aliphatic hydroxyl groups excluding tert-OH is 1. The van der Waals surface area contributed by atoms with E-state index in [1.807, 2.05) is 0 Å². The zero-order valence-electron chi connectivity index (χ0n) is 24.3. The van der Waals surface area contributed by atoms with Crippen LogP contribution in [-0.2, 0) is 31.7 Å². The molecule has 0 aliphatic carbocycles. The molecule has 252 valence electrons. The quantitative estimate of drug-likeness (QED) is 0.201. The number of nitrogens with zero attached hydrogens (tertiary/aromatic N) is 2. The second-order valence-electron chi connectivity index (χ2n) is 10.8. The first-order chi connectivity index (χ1) is 19.9. The maximum absolute atomic E-state index is 13.5. The van der Waals surface area contributed by atoms with E-state index in [2.05, 4.69) is 4.74 Å². The Bertz CT molecular complexity index is 1120. The number of carbonyl (C=O) groups is 2. The Labute approximate surface area is 246 Å². The molecule has 2 unspecified atom stereocenters. The summed E-state index contributed by atoms with van der Waals surface area (Å²) in [6.07, 6.45) is -25.2. The first-order valence-electron chi connectivity index (χ1n) is 13.2. The van der Waals surface area contributed by atoms with Gasteiger partial charge in [0.1, 0.15) is 5.75 Å². The molecule has 0 saturated carbocycles. The lowest BCUT2D eigenvalue weighted by atomic mass is 10.1. The molecule has 44 heavy (non-hydrogen) atoms. The fraction of sp³-hybridized carbons (Fsp3) is 0.692. The van der Waals surface area contributed by atoms with Crippen LogP contribution in [0.3, 0.4) is 0 Å². The number of alkyl halides is 9. The van der Waals surface area contributed by atoms with Crippen molar-refractivity contribution in [3.63, 3.8) is 0 Å². The molecule has 0 radical (unpaired) electrons. The van der Waals surface area contributed by atoms with E-state index in [9.17, 15) is 54.2 Å². The van der Waals surface area contributed by atoms with Gasteiger partial charge in [-0.25, -0.2) is 9.59 Å². The third-order valence-electron chi connectivity index (χ3n) is 6.26. The van der Waals surface area contributed by atoms with Crippen molar-refractivity contribution in [2.75, 3.05) is 26.2 Å². The normalized spacial score (nSPS) is 17.1. The Morgan fingerprint density at radius 1 is 0.886 bits per heavy atom. The van der Waals surface area contributed by atoms with E-state index < -0.39 is 60.4 Å². The average Bonchev–Trinajstić information content (AvgIpc) is 2.86. The highest BCUT2D eigenvalue weighted by molar-refractivity contribution is 5.79. The summed E-state index contributed by atoms with van der Waals surface area (Å²) in [6, 6.07) is 2.51. The molecule has 1 amide bonds. The standard InChI is InChI=1S/C26H33F9N2O7/c1-14(2)19(38)41-15(3)42-21(39)23(4,5)44-18-12-17(24(27,28)29)7-6-16(18)13-36-8-10-37(11-9-36)22(40)43-20(25(30,31)32)26(33,34)35/h6-7,12,14-15,19-20,38H,8-11,13H2,1-5H3. The first-order valence-corrected chi connectivity index (χ1v) is 13.2. The molecule has 1 aliphatic rings. The van der Waals surface area contributed by atoms with Crippen molar-refractivity contribution < 1.29 is 73.2 Å². The van der Waals surface area contributed by atoms with E-state index in [4.69, 9.17) is 14.2 Å². The van der Waals surface area contributed by atoms with Crippen molar-refractivity contribution in [1.82, 2.24) is 9.80 Å². The molecule has 0 bridgehead atoms. The molecule has 2 rings (SSSR count). The second kappa shape index (κ2) is 14.0. The first kappa shape index (κ1) is 37.2. The summed E-state index contributed by atoms with van der Waals surface area (Å²) in [5, 5.41) is 9.82.